The van der Waals surface area contributed by atoms with Crippen LogP contribution in [0.1, 0.15) is 25.7 Å². The first-order valence-corrected chi connectivity index (χ1v) is 15.8. The van der Waals surface area contributed by atoms with E-state index in [0.717, 1.165) is 12.8 Å². The maximum atomic E-state index is 13.0. The van der Waals surface area contributed by atoms with Crippen LogP contribution in [0.2, 0.25) is 0 Å². The zero-order valence-electron chi connectivity index (χ0n) is 25.4. The fourth-order valence-corrected chi connectivity index (χ4v) is 6.82. The topological polar surface area (TPSA) is 350 Å². The van der Waals surface area contributed by atoms with Gasteiger partial charge in [0, 0.05) is 31.1 Å². The van der Waals surface area contributed by atoms with Gasteiger partial charge in [-0.1, -0.05) is 0 Å². The number of carbonyl (C=O) groups is 1. The van der Waals surface area contributed by atoms with Crippen LogP contribution in [0.15, 0.2) is 0 Å². The van der Waals surface area contributed by atoms with E-state index in [2.05, 4.69) is 10.6 Å². The summed E-state index contributed by atoms with van der Waals surface area (Å²) >= 11 is 0. The van der Waals surface area contributed by atoms with E-state index in [-0.39, 0.29) is 31.3 Å². The molecule has 0 aromatic rings. The highest BCUT2D eigenvalue weighted by atomic mass is 16.7. The van der Waals surface area contributed by atoms with Gasteiger partial charge in [0.25, 0.3) is 5.91 Å². The summed E-state index contributed by atoms with van der Waals surface area (Å²) in [6, 6.07) is -5.02. The van der Waals surface area contributed by atoms with Crippen molar-refractivity contribution in [2.45, 2.75) is 135 Å². The minimum Gasteiger partial charge on any atom is -0.394 e. The fraction of sp³-hybridized carbons (Fsp3) is 0.963. The van der Waals surface area contributed by atoms with Crippen LogP contribution in [0, 0.1) is 5.92 Å². The Bertz CT molecular complexity index is 1050. The largest absolute Gasteiger partial charge is 0.394 e. The molecule has 17 atom stereocenters. The summed E-state index contributed by atoms with van der Waals surface area (Å²) in [5.41, 5.74) is 28.0. The molecule has 5 rings (SSSR count). The number of nitrogens with one attached hydrogen (secondary N) is 2. The molecule has 2 aliphatic heterocycles. The number of carbonyl (C=O) groups excluding carboxylic acids is 1. The summed E-state index contributed by atoms with van der Waals surface area (Å²) in [6.07, 6.45) is -13.7. The molecule has 3 aliphatic carbocycles. The molecule has 46 heavy (non-hydrogen) atoms. The molecule has 2 saturated heterocycles. The van der Waals surface area contributed by atoms with Gasteiger partial charge in [-0.05, 0) is 31.7 Å². The van der Waals surface area contributed by atoms with Crippen molar-refractivity contribution in [2.24, 2.45) is 34.6 Å². The predicted octanol–water partition coefficient (Wildman–Crippen LogP) is -8.34. The number of hydrogen-bond donors (Lipinski definition) is 14. The third-order valence-corrected chi connectivity index (χ3v) is 10.1. The van der Waals surface area contributed by atoms with Crippen molar-refractivity contribution in [3.05, 3.63) is 0 Å². The summed E-state index contributed by atoms with van der Waals surface area (Å²) in [7, 11) is 0. The molecular formula is C27H51N7O12. The van der Waals surface area contributed by atoms with Crippen LogP contribution in [0.5, 0.6) is 0 Å². The molecule has 5 fully saturated rings. The van der Waals surface area contributed by atoms with Gasteiger partial charge in [-0.2, -0.15) is 0 Å². The van der Waals surface area contributed by atoms with Crippen LogP contribution in [0.25, 0.3) is 0 Å². The molecule has 19 N–H and O–H groups in total. The zero-order valence-corrected chi connectivity index (χ0v) is 25.4. The first-order chi connectivity index (χ1) is 21.7. The molecule has 5 aliphatic rings. The number of ether oxygens (including phenoxy) is 4. The van der Waals surface area contributed by atoms with Crippen LogP contribution in [0.4, 0.5) is 0 Å². The number of nitrogens with two attached hydrogens (primary N) is 5. The standard InChI is InChI=1S/C27H51N7O12/c28-5-12-18(37)20(39)16(33-6-8-1-9(29)2-8)24(43-12)45-22-10(30)3-11(34-26(41)27(42)4-14(27)31)23(21(22)40)46-25-19(38)15(32)17(36)13(7-35)44-25/h8-25,33,35-40,42H,1-7,28-32H2,(H,34,41)/t8?,9?,10-,11+,12+,13+,14?,15-,16+,17+,18+,19+,20+,21-,22+,23-,24+,25+,27?/m0/s1. The van der Waals surface area contributed by atoms with Crippen molar-refractivity contribution < 1.29 is 59.5 Å². The summed E-state index contributed by atoms with van der Waals surface area (Å²) in [5, 5.41) is 80.4. The molecule has 0 radical (unpaired) electrons. The van der Waals surface area contributed by atoms with E-state index in [0.29, 0.717) is 6.54 Å². The third kappa shape index (κ3) is 7.07. The fourth-order valence-electron chi connectivity index (χ4n) is 6.82. The van der Waals surface area contributed by atoms with Crippen LogP contribution in [-0.2, 0) is 23.7 Å². The Morgan fingerprint density at radius 1 is 0.848 bits per heavy atom. The van der Waals surface area contributed by atoms with E-state index in [9.17, 15) is 40.5 Å². The maximum Gasteiger partial charge on any atom is 0.253 e. The van der Waals surface area contributed by atoms with E-state index in [4.69, 9.17) is 47.6 Å². The minimum atomic E-state index is -1.82. The Morgan fingerprint density at radius 3 is 2.07 bits per heavy atom. The lowest BCUT2D eigenvalue weighted by atomic mass is 9.80. The Kier molecular flexibility index (Phi) is 11.2. The number of hydrogen-bond acceptors (Lipinski definition) is 18. The second kappa shape index (κ2) is 14.3. The monoisotopic (exact) mass is 665 g/mol. The second-order valence-corrected chi connectivity index (χ2v) is 13.5. The van der Waals surface area contributed by atoms with Crippen LogP contribution in [-0.4, -0.2) is 171 Å². The van der Waals surface area contributed by atoms with Gasteiger partial charge in [-0.15, -0.1) is 0 Å². The Morgan fingerprint density at radius 2 is 1.48 bits per heavy atom. The molecule has 1 amide bonds. The number of aliphatic hydroxyl groups excluding tert-OH is 6. The SMILES string of the molecule is NC[C@H]1O[C@H](O[C@H]2[C@H](O)[C@@H](O[C@H]3O[C@H](CO)[C@@H](O)[C@H](N)[C@H]3O)[C@H](NC(=O)C3(O)CC3N)C[C@@H]2N)[C@H](NCC2CC(N)C2)[C@@H](O)[C@@H]1O. The van der Waals surface area contributed by atoms with Gasteiger partial charge in [0.15, 0.2) is 18.2 Å². The van der Waals surface area contributed by atoms with Crippen molar-refractivity contribution >= 4 is 5.91 Å². The Labute approximate surface area is 265 Å². The number of amides is 1. The Balaban J connectivity index is 1.36. The van der Waals surface area contributed by atoms with Crippen LogP contribution >= 0.6 is 0 Å². The molecule has 2 unspecified atom stereocenters. The van der Waals surface area contributed by atoms with Gasteiger partial charge in [0.1, 0.15) is 54.9 Å². The second-order valence-electron chi connectivity index (χ2n) is 13.5. The van der Waals surface area contributed by atoms with Gasteiger partial charge in [-0.3, -0.25) is 4.79 Å². The summed E-state index contributed by atoms with van der Waals surface area (Å²) in [6.45, 7) is -0.369. The molecule has 0 bridgehead atoms. The number of rotatable bonds is 11. The normalized spacial score (nSPS) is 52.5. The van der Waals surface area contributed by atoms with Crippen molar-refractivity contribution in [3.8, 4) is 0 Å². The molecule has 0 aromatic heterocycles. The molecule has 3 saturated carbocycles. The first-order valence-electron chi connectivity index (χ1n) is 15.8. The third-order valence-electron chi connectivity index (χ3n) is 10.1. The van der Waals surface area contributed by atoms with Gasteiger partial charge < -0.3 is 94.0 Å². The lowest BCUT2D eigenvalue weighted by Gasteiger charge is -2.49. The molecule has 19 heteroatoms. The Hall–Kier alpha value is -1.21. The summed E-state index contributed by atoms with van der Waals surface area (Å²) < 4.78 is 23.7. The average molecular weight is 666 g/mol. The highest BCUT2D eigenvalue weighted by molar-refractivity contribution is 5.89. The van der Waals surface area contributed by atoms with Crippen molar-refractivity contribution in [1.82, 2.24) is 10.6 Å². The van der Waals surface area contributed by atoms with E-state index in [1.54, 1.807) is 0 Å². The predicted molar refractivity (Wildman–Crippen MR) is 156 cm³/mol. The summed E-state index contributed by atoms with van der Waals surface area (Å²) in [5.74, 6) is -0.581. The van der Waals surface area contributed by atoms with Crippen LogP contribution < -0.4 is 39.3 Å². The highest BCUT2D eigenvalue weighted by Gasteiger charge is 2.59. The van der Waals surface area contributed by atoms with Crippen LogP contribution in [0.3, 0.4) is 0 Å². The summed E-state index contributed by atoms with van der Waals surface area (Å²) in [4.78, 5) is 13.0. The van der Waals surface area contributed by atoms with E-state index in [1.165, 1.54) is 0 Å². The van der Waals surface area contributed by atoms with E-state index in [1.807, 2.05) is 0 Å². The molecule has 19 nitrogen and oxygen atoms in total. The molecule has 2 heterocycles. The minimum absolute atomic E-state index is 0.0173. The molecule has 266 valence electrons. The van der Waals surface area contributed by atoms with Gasteiger partial charge in [0.05, 0.1) is 24.7 Å². The lowest BCUT2D eigenvalue weighted by molar-refractivity contribution is -0.321. The quantitative estimate of drug-likeness (QED) is 0.0973. The highest BCUT2D eigenvalue weighted by Crippen LogP contribution is 2.36. The van der Waals surface area contributed by atoms with E-state index < -0.39 is 116 Å². The zero-order chi connectivity index (χ0) is 33.7. The number of aliphatic hydroxyl groups is 7. The molecule has 0 aromatic carbocycles. The average Bonchev–Trinajstić information content (AvgIpc) is 3.63. The lowest BCUT2D eigenvalue weighted by Crippen LogP contribution is -2.70. The van der Waals surface area contributed by atoms with E-state index >= 15 is 0 Å². The van der Waals surface area contributed by atoms with Crippen molar-refractivity contribution in [3.63, 3.8) is 0 Å². The smallest absolute Gasteiger partial charge is 0.253 e. The van der Waals surface area contributed by atoms with Gasteiger partial charge in [-0.25, -0.2) is 0 Å². The molecular weight excluding hydrogens is 614 g/mol. The molecule has 0 spiro atoms. The van der Waals surface area contributed by atoms with Crippen molar-refractivity contribution in [2.75, 3.05) is 19.7 Å². The van der Waals surface area contributed by atoms with Gasteiger partial charge >= 0.3 is 0 Å². The van der Waals surface area contributed by atoms with Crippen molar-refractivity contribution in [1.29, 1.82) is 0 Å². The first kappa shape index (κ1) is 36.1. The van der Waals surface area contributed by atoms with Gasteiger partial charge in [0.2, 0.25) is 0 Å². The maximum absolute atomic E-state index is 13.0.